The molecule has 1 aliphatic carbocycles. The number of hydrogen-bond acceptors (Lipinski definition) is 2. The lowest BCUT2D eigenvalue weighted by Crippen LogP contribution is -2.42. The Labute approximate surface area is 55.5 Å². The first-order valence-electron chi connectivity index (χ1n) is 3.54. The van der Waals surface area contributed by atoms with Gasteiger partial charge in [-0.15, -0.1) is 0 Å². The average molecular weight is 129 g/mol. The summed E-state index contributed by atoms with van der Waals surface area (Å²) >= 11 is 0. The van der Waals surface area contributed by atoms with Crippen LogP contribution in [0.15, 0.2) is 0 Å². The third-order valence-electron chi connectivity index (χ3n) is 2.02. The van der Waals surface area contributed by atoms with Crippen molar-refractivity contribution in [1.82, 2.24) is 0 Å². The molecule has 2 heteroatoms. The smallest absolute Gasteiger partial charge is 0.0418 e. The molecule has 1 saturated carbocycles. The van der Waals surface area contributed by atoms with Crippen LogP contribution in [-0.4, -0.2) is 17.3 Å². The Bertz CT molecular complexity index is 92.9. The van der Waals surface area contributed by atoms with E-state index in [2.05, 4.69) is 6.92 Å². The first-order chi connectivity index (χ1) is 4.20. The Morgan fingerprint density at radius 3 is 2.56 bits per heavy atom. The lowest BCUT2D eigenvalue weighted by molar-refractivity contribution is -0.443. The molecular formula is C7H13O2-. The maximum atomic E-state index is 10.8. The Balaban J connectivity index is 2.35. The van der Waals surface area contributed by atoms with E-state index in [0.29, 0.717) is 18.8 Å². The van der Waals surface area contributed by atoms with Crippen LogP contribution in [0.1, 0.15) is 26.2 Å². The highest BCUT2D eigenvalue weighted by molar-refractivity contribution is 4.75. The van der Waals surface area contributed by atoms with Crippen molar-refractivity contribution in [1.29, 1.82) is 0 Å². The Morgan fingerprint density at radius 1 is 1.44 bits per heavy atom. The normalized spacial score (nSPS) is 45.0. The molecule has 1 fully saturated rings. The monoisotopic (exact) mass is 129 g/mol. The molecule has 54 valence electrons. The van der Waals surface area contributed by atoms with Crippen molar-refractivity contribution in [3.05, 3.63) is 0 Å². The van der Waals surface area contributed by atoms with Crippen LogP contribution in [0.3, 0.4) is 0 Å². The molecule has 1 rings (SSSR count). The largest absolute Gasteiger partial charge is 0.850 e. The van der Waals surface area contributed by atoms with Gasteiger partial charge in [0.15, 0.2) is 0 Å². The summed E-state index contributed by atoms with van der Waals surface area (Å²) in [4.78, 5) is 0. The molecule has 1 aliphatic rings. The lowest BCUT2D eigenvalue weighted by Gasteiger charge is -2.35. The van der Waals surface area contributed by atoms with Crippen LogP contribution in [0.25, 0.3) is 0 Å². The van der Waals surface area contributed by atoms with Gasteiger partial charge in [0.05, 0.1) is 0 Å². The summed E-state index contributed by atoms with van der Waals surface area (Å²) in [7, 11) is 0. The lowest BCUT2D eigenvalue weighted by atomic mass is 9.87. The zero-order valence-electron chi connectivity index (χ0n) is 5.71. The Morgan fingerprint density at radius 2 is 2.11 bits per heavy atom. The zero-order valence-corrected chi connectivity index (χ0v) is 5.71. The van der Waals surface area contributed by atoms with E-state index in [1.807, 2.05) is 0 Å². The summed E-state index contributed by atoms with van der Waals surface area (Å²) in [5.74, 6) is 0.546. The second-order valence-corrected chi connectivity index (χ2v) is 3.02. The van der Waals surface area contributed by atoms with Gasteiger partial charge in [0.2, 0.25) is 0 Å². The predicted octanol–water partition coefficient (Wildman–Crippen LogP) is -0.104. The topological polar surface area (TPSA) is 43.3 Å². The van der Waals surface area contributed by atoms with Gasteiger partial charge in [-0.25, -0.2) is 0 Å². The fourth-order valence-corrected chi connectivity index (χ4v) is 1.32. The van der Waals surface area contributed by atoms with Crippen molar-refractivity contribution in [3.8, 4) is 0 Å². The molecule has 1 N–H and O–H groups in total. The molecule has 3 atom stereocenters. The van der Waals surface area contributed by atoms with Crippen molar-refractivity contribution in [3.63, 3.8) is 0 Å². The first kappa shape index (κ1) is 7.03. The summed E-state index contributed by atoms with van der Waals surface area (Å²) in [6, 6.07) is 0. The molecule has 0 aromatic carbocycles. The van der Waals surface area contributed by atoms with Crippen molar-refractivity contribution in [2.45, 2.75) is 38.4 Å². The zero-order chi connectivity index (χ0) is 6.85. The maximum Gasteiger partial charge on any atom is 0.0418 e. The van der Waals surface area contributed by atoms with E-state index in [1.54, 1.807) is 0 Å². The maximum absolute atomic E-state index is 10.8. The van der Waals surface area contributed by atoms with Gasteiger partial charge in [-0.05, 0) is 12.3 Å². The van der Waals surface area contributed by atoms with Crippen molar-refractivity contribution in [2.24, 2.45) is 5.92 Å². The van der Waals surface area contributed by atoms with E-state index in [-0.39, 0.29) is 0 Å². The molecule has 9 heavy (non-hydrogen) atoms. The van der Waals surface area contributed by atoms with Crippen LogP contribution >= 0.6 is 0 Å². The standard InChI is InChI=1S/C7H13O2/c1-5-2-3-6(8)7(9)4-5/h5-7,9H,2-4H2,1H3/q-1/t5?,6-,7+/m0/s1. The first-order valence-corrected chi connectivity index (χ1v) is 3.54. The molecule has 1 unspecified atom stereocenters. The van der Waals surface area contributed by atoms with Gasteiger partial charge in [-0.3, -0.25) is 0 Å². The van der Waals surface area contributed by atoms with Crippen LogP contribution in [0.2, 0.25) is 0 Å². The van der Waals surface area contributed by atoms with E-state index in [0.717, 1.165) is 6.42 Å². The molecule has 0 saturated heterocycles. The predicted molar refractivity (Wildman–Crippen MR) is 32.8 cm³/mol. The van der Waals surface area contributed by atoms with Crippen LogP contribution < -0.4 is 5.11 Å². The van der Waals surface area contributed by atoms with E-state index in [9.17, 15) is 5.11 Å². The fourth-order valence-electron chi connectivity index (χ4n) is 1.32. The third-order valence-corrected chi connectivity index (χ3v) is 2.02. The number of rotatable bonds is 0. The highest BCUT2D eigenvalue weighted by Gasteiger charge is 2.18. The quantitative estimate of drug-likeness (QED) is 0.496. The van der Waals surface area contributed by atoms with Crippen molar-refractivity contribution < 1.29 is 10.2 Å². The highest BCUT2D eigenvalue weighted by Crippen LogP contribution is 2.22. The molecule has 0 radical (unpaired) electrons. The molecule has 2 nitrogen and oxygen atoms in total. The van der Waals surface area contributed by atoms with Crippen LogP contribution in [0.5, 0.6) is 0 Å². The molecule has 0 aliphatic heterocycles. The minimum Gasteiger partial charge on any atom is -0.850 e. The van der Waals surface area contributed by atoms with Gasteiger partial charge in [0.1, 0.15) is 0 Å². The van der Waals surface area contributed by atoms with Crippen molar-refractivity contribution in [2.75, 3.05) is 0 Å². The minimum atomic E-state index is -0.707. The molecule has 0 spiro atoms. The van der Waals surface area contributed by atoms with Crippen LogP contribution in [0, 0.1) is 5.92 Å². The second-order valence-electron chi connectivity index (χ2n) is 3.02. The van der Waals surface area contributed by atoms with E-state index in [1.165, 1.54) is 0 Å². The summed E-state index contributed by atoms with van der Waals surface area (Å²) in [5.41, 5.74) is 0. The molecule has 0 bridgehead atoms. The van der Waals surface area contributed by atoms with Gasteiger partial charge < -0.3 is 10.2 Å². The van der Waals surface area contributed by atoms with Gasteiger partial charge >= 0.3 is 0 Å². The van der Waals surface area contributed by atoms with Crippen LogP contribution in [0.4, 0.5) is 0 Å². The van der Waals surface area contributed by atoms with Crippen molar-refractivity contribution >= 4 is 0 Å². The third kappa shape index (κ3) is 1.66. The van der Waals surface area contributed by atoms with Gasteiger partial charge in [-0.2, -0.15) is 0 Å². The van der Waals surface area contributed by atoms with Gasteiger partial charge in [-0.1, -0.05) is 25.9 Å². The minimum absolute atomic E-state index is 0.546. The van der Waals surface area contributed by atoms with Crippen LogP contribution in [-0.2, 0) is 0 Å². The molecule has 0 amide bonds. The van der Waals surface area contributed by atoms with E-state index < -0.39 is 12.2 Å². The highest BCUT2D eigenvalue weighted by atomic mass is 16.3. The number of hydrogen-bond donors (Lipinski definition) is 1. The average Bonchev–Trinajstić information content (AvgIpc) is 1.80. The van der Waals surface area contributed by atoms with Gasteiger partial charge in [0.25, 0.3) is 0 Å². The summed E-state index contributed by atoms with van der Waals surface area (Å²) in [6.07, 6.45) is 1.07. The summed E-state index contributed by atoms with van der Waals surface area (Å²) in [6.45, 7) is 2.08. The molecule has 0 aromatic rings. The SMILES string of the molecule is CC1CC[C@H]([O-])[C@H](O)C1. The van der Waals surface area contributed by atoms with E-state index >= 15 is 0 Å². The Hall–Kier alpha value is -0.0800. The van der Waals surface area contributed by atoms with Gasteiger partial charge in [0, 0.05) is 6.10 Å². The summed E-state index contributed by atoms with van der Waals surface area (Å²) in [5, 5.41) is 19.8. The summed E-state index contributed by atoms with van der Waals surface area (Å²) < 4.78 is 0. The second kappa shape index (κ2) is 2.67. The Kier molecular flexibility index (Phi) is 2.09. The number of aliphatic hydroxyl groups excluding tert-OH is 1. The number of aliphatic hydroxyl groups is 1. The molecule has 0 heterocycles. The van der Waals surface area contributed by atoms with E-state index in [4.69, 9.17) is 5.11 Å². The molecular weight excluding hydrogens is 116 g/mol. The fraction of sp³-hybridized carbons (Fsp3) is 1.00. The molecule has 0 aromatic heterocycles.